The minimum Gasteiger partial charge on any atom is -0.497 e. The lowest BCUT2D eigenvalue weighted by Crippen LogP contribution is -2.21. The SMILES string of the molecule is CCOP(=O)(OCC)[C@H](O)[C@@H](O)c1ccc(OC)cc1. The quantitative estimate of drug-likeness (QED) is 0.717. The topological polar surface area (TPSA) is 85.2 Å². The van der Waals surface area contributed by atoms with E-state index in [1.807, 2.05) is 0 Å². The summed E-state index contributed by atoms with van der Waals surface area (Å²) in [6, 6.07) is 6.43. The van der Waals surface area contributed by atoms with Crippen LogP contribution in [0.2, 0.25) is 0 Å². The Morgan fingerprint density at radius 2 is 1.60 bits per heavy atom. The molecule has 0 saturated carbocycles. The Kier molecular flexibility index (Phi) is 6.65. The van der Waals surface area contributed by atoms with E-state index < -0.39 is 19.5 Å². The van der Waals surface area contributed by atoms with E-state index in [9.17, 15) is 14.8 Å². The van der Waals surface area contributed by atoms with Gasteiger partial charge in [-0.15, -0.1) is 0 Å². The van der Waals surface area contributed by atoms with Gasteiger partial charge in [0.15, 0.2) is 5.85 Å². The van der Waals surface area contributed by atoms with Crippen molar-refractivity contribution in [1.82, 2.24) is 0 Å². The monoisotopic (exact) mass is 304 g/mol. The minimum atomic E-state index is -3.78. The van der Waals surface area contributed by atoms with Crippen LogP contribution in [-0.4, -0.2) is 36.4 Å². The number of rotatable bonds is 8. The summed E-state index contributed by atoms with van der Waals surface area (Å²) in [5.41, 5.74) is 0.401. The number of hydrogen-bond donors (Lipinski definition) is 2. The number of benzene rings is 1. The number of ether oxygens (including phenoxy) is 1. The highest BCUT2D eigenvalue weighted by Gasteiger charge is 2.39. The van der Waals surface area contributed by atoms with Gasteiger partial charge >= 0.3 is 7.60 Å². The summed E-state index contributed by atoms with van der Waals surface area (Å²) >= 11 is 0. The van der Waals surface area contributed by atoms with E-state index in [-0.39, 0.29) is 13.2 Å². The zero-order chi connectivity index (χ0) is 15.2. The highest BCUT2D eigenvalue weighted by molar-refractivity contribution is 7.54. The number of aliphatic hydroxyl groups is 2. The van der Waals surface area contributed by atoms with Crippen LogP contribution in [0, 0.1) is 0 Å². The first-order chi connectivity index (χ1) is 9.48. The van der Waals surface area contributed by atoms with Gasteiger partial charge in [0, 0.05) is 0 Å². The molecule has 0 aliphatic carbocycles. The maximum Gasteiger partial charge on any atom is 0.361 e. The van der Waals surface area contributed by atoms with Crippen LogP contribution in [-0.2, 0) is 13.6 Å². The maximum absolute atomic E-state index is 12.4. The van der Waals surface area contributed by atoms with E-state index in [0.29, 0.717) is 11.3 Å². The van der Waals surface area contributed by atoms with E-state index >= 15 is 0 Å². The molecule has 6 nitrogen and oxygen atoms in total. The molecular weight excluding hydrogens is 283 g/mol. The number of methoxy groups -OCH3 is 1. The number of aliphatic hydroxyl groups excluding tert-OH is 2. The molecular formula is C13H21O6P. The van der Waals surface area contributed by atoms with Gasteiger partial charge in [-0.2, -0.15) is 0 Å². The first kappa shape index (κ1) is 17.1. The normalized spacial score (nSPS) is 14.8. The van der Waals surface area contributed by atoms with Gasteiger partial charge in [-0.05, 0) is 31.5 Å². The molecule has 2 N–H and O–H groups in total. The molecule has 0 aliphatic rings. The fourth-order valence-electron chi connectivity index (χ4n) is 1.70. The predicted molar refractivity (Wildman–Crippen MR) is 74.8 cm³/mol. The summed E-state index contributed by atoms with van der Waals surface area (Å²) in [6.07, 6.45) is -1.37. The van der Waals surface area contributed by atoms with Crippen molar-refractivity contribution in [2.24, 2.45) is 0 Å². The average molecular weight is 304 g/mol. The lowest BCUT2D eigenvalue weighted by Gasteiger charge is -2.26. The second-order valence-corrected chi connectivity index (χ2v) is 6.13. The fourth-order valence-corrected chi connectivity index (χ4v) is 3.31. The van der Waals surface area contributed by atoms with Crippen LogP contribution in [0.3, 0.4) is 0 Å². The van der Waals surface area contributed by atoms with Crippen molar-refractivity contribution in [3.63, 3.8) is 0 Å². The maximum atomic E-state index is 12.4. The molecule has 0 unspecified atom stereocenters. The lowest BCUT2D eigenvalue weighted by atomic mass is 10.1. The summed E-state index contributed by atoms with van der Waals surface area (Å²) in [6.45, 7) is 3.50. The van der Waals surface area contributed by atoms with Crippen LogP contribution >= 0.6 is 7.60 Å². The Balaban J connectivity index is 2.92. The van der Waals surface area contributed by atoms with Gasteiger partial charge in [-0.3, -0.25) is 4.57 Å². The third-order valence-electron chi connectivity index (χ3n) is 2.68. The first-order valence-electron chi connectivity index (χ1n) is 6.37. The molecule has 20 heavy (non-hydrogen) atoms. The molecule has 114 valence electrons. The summed E-state index contributed by atoms with van der Waals surface area (Å²) in [5, 5.41) is 20.2. The smallest absolute Gasteiger partial charge is 0.361 e. The van der Waals surface area contributed by atoms with Crippen molar-refractivity contribution in [1.29, 1.82) is 0 Å². The predicted octanol–water partition coefficient (Wildman–Crippen LogP) is 2.31. The van der Waals surface area contributed by atoms with E-state index in [1.165, 1.54) is 7.11 Å². The minimum absolute atomic E-state index is 0.115. The Bertz CT molecular complexity index is 437. The van der Waals surface area contributed by atoms with Crippen LogP contribution in [0.1, 0.15) is 25.5 Å². The van der Waals surface area contributed by atoms with Crippen LogP contribution in [0.4, 0.5) is 0 Å². The van der Waals surface area contributed by atoms with E-state index in [4.69, 9.17) is 13.8 Å². The standard InChI is InChI=1S/C13H21O6P/c1-4-18-20(16,19-5-2)13(15)12(14)10-6-8-11(17-3)9-7-10/h6-9,12-15H,4-5H2,1-3H3/t12-,13-/m0/s1. The summed E-state index contributed by atoms with van der Waals surface area (Å²) < 4.78 is 27.4. The summed E-state index contributed by atoms with van der Waals surface area (Å²) in [7, 11) is -2.25. The molecule has 0 aromatic heterocycles. The Labute approximate surface area is 118 Å². The molecule has 2 atom stereocenters. The Morgan fingerprint density at radius 3 is 2.00 bits per heavy atom. The van der Waals surface area contributed by atoms with Crippen molar-refractivity contribution in [2.75, 3.05) is 20.3 Å². The molecule has 0 heterocycles. The highest BCUT2D eigenvalue weighted by atomic mass is 31.2. The van der Waals surface area contributed by atoms with E-state index in [1.54, 1.807) is 38.1 Å². The van der Waals surface area contributed by atoms with Gasteiger partial charge in [0.1, 0.15) is 11.9 Å². The van der Waals surface area contributed by atoms with Gasteiger partial charge < -0.3 is 24.0 Å². The van der Waals surface area contributed by atoms with Gasteiger partial charge in [-0.1, -0.05) is 12.1 Å². The molecule has 1 aromatic carbocycles. The molecule has 1 aromatic rings. The molecule has 1 rings (SSSR count). The van der Waals surface area contributed by atoms with E-state index in [2.05, 4.69) is 0 Å². The largest absolute Gasteiger partial charge is 0.497 e. The fraction of sp³-hybridized carbons (Fsp3) is 0.538. The van der Waals surface area contributed by atoms with Crippen molar-refractivity contribution >= 4 is 7.60 Å². The van der Waals surface area contributed by atoms with Crippen LogP contribution in [0.25, 0.3) is 0 Å². The van der Waals surface area contributed by atoms with Gasteiger partial charge in [0.2, 0.25) is 0 Å². The molecule has 0 aliphatic heterocycles. The Hall–Kier alpha value is -0.910. The van der Waals surface area contributed by atoms with Crippen molar-refractivity contribution in [2.45, 2.75) is 25.8 Å². The van der Waals surface area contributed by atoms with E-state index in [0.717, 1.165) is 0 Å². The van der Waals surface area contributed by atoms with Crippen LogP contribution < -0.4 is 4.74 Å². The molecule has 0 fully saturated rings. The first-order valence-corrected chi connectivity index (χ1v) is 7.98. The van der Waals surface area contributed by atoms with Crippen molar-refractivity contribution in [3.05, 3.63) is 29.8 Å². The van der Waals surface area contributed by atoms with Crippen molar-refractivity contribution < 1.29 is 28.6 Å². The summed E-state index contributed by atoms with van der Waals surface area (Å²) in [4.78, 5) is 0. The van der Waals surface area contributed by atoms with Crippen LogP contribution in [0.15, 0.2) is 24.3 Å². The molecule has 7 heteroatoms. The van der Waals surface area contributed by atoms with Crippen molar-refractivity contribution in [3.8, 4) is 5.75 Å². The molecule has 0 spiro atoms. The Morgan fingerprint density at radius 1 is 1.10 bits per heavy atom. The third-order valence-corrected chi connectivity index (χ3v) is 4.85. The lowest BCUT2D eigenvalue weighted by molar-refractivity contribution is 0.0400. The zero-order valence-electron chi connectivity index (χ0n) is 11.9. The summed E-state index contributed by atoms with van der Waals surface area (Å²) in [5.74, 6) is -1.02. The van der Waals surface area contributed by atoms with Gasteiger partial charge in [0.25, 0.3) is 0 Å². The van der Waals surface area contributed by atoms with Crippen LogP contribution in [0.5, 0.6) is 5.75 Å². The molecule has 0 radical (unpaired) electrons. The number of hydrogen-bond acceptors (Lipinski definition) is 6. The molecule has 0 amide bonds. The molecule has 0 bridgehead atoms. The average Bonchev–Trinajstić information content (AvgIpc) is 2.46. The van der Waals surface area contributed by atoms with Gasteiger partial charge in [0.05, 0.1) is 20.3 Å². The molecule has 0 saturated heterocycles. The zero-order valence-corrected chi connectivity index (χ0v) is 12.7. The third kappa shape index (κ3) is 4.04. The van der Waals surface area contributed by atoms with Gasteiger partial charge in [-0.25, -0.2) is 0 Å². The highest BCUT2D eigenvalue weighted by Crippen LogP contribution is 2.55. The second kappa shape index (κ2) is 7.76. The second-order valence-electron chi connectivity index (χ2n) is 4.01.